The number of methoxy groups -OCH3 is 1. The highest BCUT2D eigenvalue weighted by Crippen LogP contribution is 2.31. The number of nitrogens with one attached hydrogen (secondary N) is 1. The lowest BCUT2D eigenvalue weighted by Crippen LogP contribution is -2.31. The Morgan fingerprint density at radius 2 is 2.37 bits per heavy atom. The van der Waals surface area contributed by atoms with E-state index in [-0.39, 0.29) is 6.04 Å². The highest BCUT2D eigenvalue weighted by Gasteiger charge is 2.23. The quantitative estimate of drug-likeness (QED) is 0.645. The maximum Gasteiger partial charge on any atom is 0.218 e. The molecule has 0 bridgehead atoms. The summed E-state index contributed by atoms with van der Waals surface area (Å²) in [7, 11) is 1.59. The lowest BCUT2D eigenvalue weighted by molar-refractivity contribution is 0.385. The molecule has 2 rings (SSSR count). The zero-order chi connectivity index (χ0) is 13.8. The number of ether oxygens (including phenoxy) is 1. The van der Waals surface area contributed by atoms with Crippen LogP contribution in [0.2, 0.25) is 0 Å². The largest absolute Gasteiger partial charge is 0.481 e. The molecule has 0 fully saturated rings. The molecule has 2 heterocycles. The fraction of sp³-hybridized carbons (Fsp3) is 0.333. The van der Waals surface area contributed by atoms with Gasteiger partial charge in [0.1, 0.15) is 0 Å². The zero-order valence-corrected chi connectivity index (χ0v) is 12.4. The molecule has 0 radical (unpaired) electrons. The summed E-state index contributed by atoms with van der Waals surface area (Å²) in [4.78, 5) is 4.20. The Kier molecular flexibility index (Phi) is 4.52. The summed E-state index contributed by atoms with van der Waals surface area (Å²) >= 11 is 3.50. The van der Waals surface area contributed by atoms with Crippen molar-refractivity contribution in [2.45, 2.75) is 19.5 Å². The maximum atomic E-state index is 5.72. The summed E-state index contributed by atoms with van der Waals surface area (Å²) < 4.78 is 8.06. The molecule has 1 unspecified atom stereocenters. The van der Waals surface area contributed by atoms with Crippen molar-refractivity contribution in [2.75, 3.05) is 7.11 Å². The first-order valence-electron chi connectivity index (χ1n) is 5.89. The Labute approximate surface area is 120 Å². The van der Waals surface area contributed by atoms with Crippen LogP contribution in [0, 0.1) is 0 Å². The first-order valence-corrected chi connectivity index (χ1v) is 6.68. The molecule has 0 aliphatic heterocycles. The molecule has 0 amide bonds. The average molecular weight is 326 g/mol. The van der Waals surface area contributed by atoms with Crippen LogP contribution < -0.4 is 16.0 Å². The van der Waals surface area contributed by atoms with E-state index in [0.29, 0.717) is 5.88 Å². The van der Waals surface area contributed by atoms with E-state index in [1.165, 1.54) is 0 Å². The van der Waals surface area contributed by atoms with Gasteiger partial charge in [0.25, 0.3) is 0 Å². The first-order chi connectivity index (χ1) is 9.22. The SMILES string of the molecule is CCn1ncc(Br)c1C(NN)c1cccnc1OC. The molecular weight excluding hydrogens is 310 g/mol. The van der Waals surface area contributed by atoms with E-state index in [4.69, 9.17) is 10.6 Å². The summed E-state index contributed by atoms with van der Waals surface area (Å²) in [6.07, 6.45) is 3.44. The van der Waals surface area contributed by atoms with Gasteiger partial charge in [-0.05, 0) is 28.9 Å². The molecule has 7 heteroatoms. The Morgan fingerprint density at radius 3 is 3.00 bits per heavy atom. The van der Waals surface area contributed by atoms with Gasteiger partial charge in [0.05, 0.1) is 29.5 Å². The van der Waals surface area contributed by atoms with Gasteiger partial charge in [-0.1, -0.05) is 6.07 Å². The van der Waals surface area contributed by atoms with E-state index in [0.717, 1.165) is 22.3 Å². The van der Waals surface area contributed by atoms with Crippen molar-refractivity contribution in [1.29, 1.82) is 0 Å². The molecule has 2 aromatic heterocycles. The molecule has 102 valence electrons. The van der Waals surface area contributed by atoms with Crippen molar-refractivity contribution in [3.8, 4) is 5.88 Å². The van der Waals surface area contributed by atoms with Crippen LogP contribution in [0.4, 0.5) is 0 Å². The van der Waals surface area contributed by atoms with E-state index < -0.39 is 0 Å². The number of rotatable bonds is 5. The predicted molar refractivity (Wildman–Crippen MR) is 75.6 cm³/mol. The van der Waals surface area contributed by atoms with E-state index in [2.05, 4.69) is 31.4 Å². The minimum atomic E-state index is -0.250. The van der Waals surface area contributed by atoms with Crippen molar-refractivity contribution in [2.24, 2.45) is 5.84 Å². The number of hydrogen-bond donors (Lipinski definition) is 2. The number of hydrogen-bond acceptors (Lipinski definition) is 5. The fourth-order valence-electron chi connectivity index (χ4n) is 2.02. The van der Waals surface area contributed by atoms with Gasteiger partial charge >= 0.3 is 0 Å². The molecule has 6 nitrogen and oxygen atoms in total. The Bertz CT molecular complexity index is 557. The topological polar surface area (TPSA) is 78.0 Å². The van der Waals surface area contributed by atoms with Gasteiger partial charge < -0.3 is 4.74 Å². The van der Waals surface area contributed by atoms with Crippen molar-refractivity contribution in [1.82, 2.24) is 20.2 Å². The molecule has 19 heavy (non-hydrogen) atoms. The van der Waals surface area contributed by atoms with Crippen LogP contribution in [0.1, 0.15) is 24.2 Å². The lowest BCUT2D eigenvalue weighted by atomic mass is 10.1. The molecule has 1 atom stereocenters. The molecule has 0 aliphatic rings. The van der Waals surface area contributed by atoms with Gasteiger partial charge in [-0.3, -0.25) is 10.5 Å². The number of pyridine rings is 1. The summed E-state index contributed by atoms with van der Waals surface area (Å²) in [6.45, 7) is 2.78. The molecule has 3 N–H and O–H groups in total. The van der Waals surface area contributed by atoms with Crippen molar-refractivity contribution >= 4 is 15.9 Å². The zero-order valence-electron chi connectivity index (χ0n) is 10.8. The van der Waals surface area contributed by atoms with Gasteiger partial charge in [0.2, 0.25) is 5.88 Å². The smallest absolute Gasteiger partial charge is 0.218 e. The molecule has 0 aliphatic carbocycles. The minimum Gasteiger partial charge on any atom is -0.481 e. The standard InChI is InChI=1S/C12H16BrN5O/c1-3-18-11(9(13)7-16-18)10(17-14)8-5-4-6-15-12(8)19-2/h4-7,10,17H,3,14H2,1-2H3. The van der Waals surface area contributed by atoms with Crippen LogP contribution >= 0.6 is 15.9 Å². The summed E-state index contributed by atoms with van der Waals surface area (Å²) in [5, 5.41) is 4.30. The average Bonchev–Trinajstić information content (AvgIpc) is 2.82. The monoisotopic (exact) mass is 325 g/mol. The van der Waals surface area contributed by atoms with Crippen LogP contribution in [0.15, 0.2) is 29.0 Å². The van der Waals surface area contributed by atoms with Gasteiger partial charge in [0, 0.05) is 18.3 Å². The van der Waals surface area contributed by atoms with E-state index in [9.17, 15) is 0 Å². The molecule has 0 saturated carbocycles. The van der Waals surface area contributed by atoms with Crippen LogP contribution in [0.25, 0.3) is 0 Å². The summed E-state index contributed by atoms with van der Waals surface area (Å²) in [6, 6.07) is 3.53. The van der Waals surface area contributed by atoms with Gasteiger partial charge in [-0.25, -0.2) is 10.4 Å². The summed E-state index contributed by atoms with van der Waals surface area (Å²) in [5.41, 5.74) is 4.61. The number of hydrazine groups is 1. The highest BCUT2D eigenvalue weighted by atomic mass is 79.9. The number of nitrogens with zero attached hydrogens (tertiary/aromatic N) is 3. The van der Waals surface area contributed by atoms with E-state index >= 15 is 0 Å². The maximum absolute atomic E-state index is 5.72. The predicted octanol–water partition coefficient (Wildman–Crippen LogP) is 1.62. The van der Waals surface area contributed by atoms with Crippen molar-refractivity contribution in [3.05, 3.63) is 40.3 Å². The highest BCUT2D eigenvalue weighted by molar-refractivity contribution is 9.10. The van der Waals surface area contributed by atoms with Gasteiger partial charge in [-0.15, -0.1) is 0 Å². The molecule has 2 aromatic rings. The third-order valence-electron chi connectivity index (χ3n) is 2.88. The third kappa shape index (κ3) is 2.63. The number of aryl methyl sites for hydroxylation is 1. The number of nitrogens with two attached hydrogens (primary N) is 1. The van der Waals surface area contributed by atoms with E-state index in [1.807, 2.05) is 23.7 Å². The lowest BCUT2D eigenvalue weighted by Gasteiger charge is -2.19. The Hall–Kier alpha value is -1.44. The Balaban J connectivity index is 2.53. The second-order valence-corrected chi connectivity index (χ2v) is 4.75. The third-order valence-corrected chi connectivity index (χ3v) is 3.49. The van der Waals surface area contributed by atoms with Crippen LogP contribution in [-0.4, -0.2) is 21.9 Å². The summed E-state index contributed by atoms with van der Waals surface area (Å²) in [5.74, 6) is 6.26. The number of halogens is 1. The Morgan fingerprint density at radius 1 is 1.58 bits per heavy atom. The molecule has 0 spiro atoms. The molecular formula is C12H16BrN5O. The first kappa shape index (κ1) is 14.0. The molecule has 0 aromatic carbocycles. The second kappa shape index (κ2) is 6.14. The van der Waals surface area contributed by atoms with Crippen molar-refractivity contribution < 1.29 is 4.74 Å². The fourth-order valence-corrected chi connectivity index (χ4v) is 2.55. The minimum absolute atomic E-state index is 0.250. The van der Waals surface area contributed by atoms with E-state index in [1.54, 1.807) is 19.5 Å². The second-order valence-electron chi connectivity index (χ2n) is 3.90. The molecule has 0 saturated heterocycles. The van der Waals surface area contributed by atoms with Crippen molar-refractivity contribution in [3.63, 3.8) is 0 Å². The number of aromatic nitrogens is 3. The normalized spacial score (nSPS) is 12.4. The van der Waals surface area contributed by atoms with Gasteiger partial charge in [-0.2, -0.15) is 5.10 Å². The van der Waals surface area contributed by atoms with Gasteiger partial charge in [0.15, 0.2) is 0 Å². The van der Waals surface area contributed by atoms with Crippen LogP contribution in [0.5, 0.6) is 5.88 Å². The van der Waals surface area contributed by atoms with Crippen LogP contribution in [0.3, 0.4) is 0 Å². The van der Waals surface area contributed by atoms with Crippen LogP contribution in [-0.2, 0) is 6.54 Å².